The van der Waals surface area contributed by atoms with Gasteiger partial charge in [0.05, 0.1) is 17.8 Å². The maximum Gasteiger partial charge on any atom is 0.227 e. The lowest BCUT2D eigenvalue weighted by Crippen LogP contribution is -2.37. The molecule has 1 aromatic heterocycles. The van der Waals surface area contributed by atoms with Crippen molar-refractivity contribution in [2.24, 2.45) is 0 Å². The van der Waals surface area contributed by atoms with Crippen LogP contribution in [0.5, 0.6) is 0 Å². The maximum absolute atomic E-state index is 13.2. The van der Waals surface area contributed by atoms with Gasteiger partial charge >= 0.3 is 0 Å². The van der Waals surface area contributed by atoms with E-state index in [9.17, 15) is 9.18 Å². The second-order valence-corrected chi connectivity index (χ2v) is 8.50. The Labute approximate surface area is 196 Å². The lowest BCUT2D eigenvalue weighted by Gasteiger charge is -2.30. The van der Waals surface area contributed by atoms with Crippen LogP contribution in [0.3, 0.4) is 0 Å². The van der Waals surface area contributed by atoms with Crippen LogP contribution in [-0.2, 0) is 24.2 Å². The molecule has 2 heterocycles. The molecule has 1 aliphatic rings. The molecule has 0 N–H and O–H groups in total. The van der Waals surface area contributed by atoms with Gasteiger partial charge in [-0.2, -0.15) is 0 Å². The molecule has 164 valence electrons. The molecule has 33 heavy (non-hydrogen) atoms. The Bertz CT molecular complexity index is 1290. The molecule has 4 nitrogen and oxygen atoms in total. The standard InChI is InChI=1S/C27H21ClFN3O/c28-21-10-8-19(9-11-21)26-23-17-32(25(33)16-18-6-12-22(29)13-7-18)15-14-24(23)30-27(31-26)20-4-2-1-3-5-20/h1-13H,14-17H2. The normalized spacial score (nSPS) is 13.0. The average Bonchev–Trinajstić information content (AvgIpc) is 2.85. The Morgan fingerprint density at radius 1 is 0.909 bits per heavy atom. The van der Waals surface area contributed by atoms with Crippen molar-refractivity contribution in [3.63, 3.8) is 0 Å². The lowest BCUT2D eigenvalue weighted by molar-refractivity contribution is -0.131. The van der Waals surface area contributed by atoms with E-state index >= 15 is 0 Å². The minimum Gasteiger partial charge on any atom is -0.338 e. The molecule has 0 aliphatic carbocycles. The molecule has 0 bridgehead atoms. The van der Waals surface area contributed by atoms with Crippen molar-refractivity contribution in [3.05, 3.63) is 107 Å². The van der Waals surface area contributed by atoms with Gasteiger partial charge in [0.1, 0.15) is 5.82 Å². The SMILES string of the molecule is O=C(Cc1ccc(F)cc1)N1CCc2nc(-c3ccccc3)nc(-c3ccc(Cl)cc3)c2C1. The zero-order valence-electron chi connectivity index (χ0n) is 17.8. The van der Waals surface area contributed by atoms with E-state index < -0.39 is 0 Å². The second-order valence-electron chi connectivity index (χ2n) is 8.06. The smallest absolute Gasteiger partial charge is 0.227 e. The number of rotatable bonds is 4. The highest BCUT2D eigenvalue weighted by Gasteiger charge is 2.26. The first-order valence-corrected chi connectivity index (χ1v) is 11.2. The summed E-state index contributed by atoms with van der Waals surface area (Å²) in [6.45, 7) is 1.01. The highest BCUT2D eigenvalue weighted by Crippen LogP contribution is 2.31. The summed E-state index contributed by atoms with van der Waals surface area (Å²) in [4.78, 5) is 24.6. The van der Waals surface area contributed by atoms with Crippen molar-refractivity contribution in [2.45, 2.75) is 19.4 Å². The summed E-state index contributed by atoms with van der Waals surface area (Å²) >= 11 is 6.11. The molecule has 0 saturated carbocycles. The zero-order valence-corrected chi connectivity index (χ0v) is 18.6. The third-order valence-corrected chi connectivity index (χ3v) is 6.08. The van der Waals surface area contributed by atoms with Crippen molar-refractivity contribution < 1.29 is 9.18 Å². The number of benzene rings is 3. The van der Waals surface area contributed by atoms with Crippen LogP contribution < -0.4 is 0 Å². The van der Waals surface area contributed by atoms with Gasteiger partial charge < -0.3 is 4.90 Å². The van der Waals surface area contributed by atoms with E-state index in [2.05, 4.69) is 0 Å². The third-order valence-electron chi connectivity index (χ3n) is 5.83. The summed E-state index contributed by atoms with van der Waals surface area (Å²) in [6, 6.07) is 23.5. The summed E-state index contributed by atoms with van der Waals surface area (Å²) in [5, 5.41) is 0.654. The quantitative estimate of drug-likeness (QED) is 0.393. The number of halogens is 2. The molecule has 5 rings (SSSR count). The molecule has 0 fully saturated rings. The van der Waals surface area contributed by atoms with Gasteiger partial charge in [-0.15, -0.1) is 0 Å². The first kappa shape index (κ1) is 21.3. The van der Waals surface area contributed by atoms with E-state index in [0.29, 0.717) is 30.4 Å². The Hall–Kier alpha value is -3.57. The van der Waals surface area contributed by atoms with Crippen molar-refractivity contribution in [1.82, 2.24) is 14.9 Å². The number of nitrogens with zero attached hydrogens (tertiary/aromatic N) is 3. The van der Waals surface area contributed by atoms with Crippen LogP contribution in [0.25, 0.3) is 22.6 Å². The molecule has 6 heteroatoms. The van der Waals surface area contributed by atoms with Crippen LogP contribution in [0.15, 0.2) is 78.9 Å². The lowest BCUT2D eigenvalue weighted by atomic mass is 9.98. The van der Waals surface area contributed by atoms with Gasteiger partial charge in [-0.3, -0.25) is 4.79 Å². The number of hydrogen-bond acceptors (Lipinski definition) is 3. The molecule has 3 aromatic carbocycles. The highest BCUT2D eigenvalue weighted by atomic mass is 35.5. The van der Waals surface area contributed by atoms with E-state index in [0.717, 1.165) is 33.6 Å². The second kappa shape index (κ2) is 9.12. The summed E-state index contributed by atoms with van der Waals surface area (Å²) in [6.07, 6.45) is 0.877. The number of amides is 1. The van der Waals surface area contributed by atoms with Crippen LogP contribution in [0.4, 0.5) is 4.39 Å². The van der Waals surface area contributed by atoms with Gasteiger partial charge in [0.15, 0.2) is 5.82 Å². The summed E-state index contributed by atoms with van der Waals surface area (Å²) in [5.74, 6) is 0.365. The van der Waals surface area contributed by atoms with Crippen molar-refractivity contribution >= 4 is 17.5 Å². The van der Waals surface area contributed by atoms with Crippen LogP contribution in [0, 0.1) is 5.82 Å². The number of fused-ring (bicyclic) bond motifs is 1. The van der Waals surface area contributed by atoms with Crippen molar-refractivity contribution in [3.8, 4) is 22.6 Å². The fourth-order valence-electron chi connectivity index (χ4n) is 4.08. The topological polar surface area (TPSA) is 46.1 Å². The molecular formula is C27H21ClFN3O. The fourth-order valence-corrected chi connectivity index (χ4v) is 4.20. The van der Waals surface area contributed by atoms with Gasteiger partial charge in [-0.1, -0.05) is 66.2 Å². The van der Waals surface area contributed by atoms with Gasteiger partial charge in [0, 0.05) is 41.2 Å². The summed E-state index contributed by atoms with van der Waals surface area (Å²) in [7, 11) is 0. The molecule has 4 aromatic rings. The largest absolute Gasteiger partial charge is 0.338 e. The molecule has 0 atom stereocenters. The van der Waals surface area contributed by atoms with Gasteiger partial charge in [0.2, 0.25) is 5.91 Å². The minimum absolute atomic E-state index is 0.00134. The first-order valence-electron chi connectivity index (χ1n) is 10.8. The number of aromatic nitrogens is 2. The monoisotopic (exact) mass is 457 g/mol. The third kappa shape index (κ3) is 4.64. The Balaban J connectivity index is 1.50. The molecule has 0 spiro atoms. The molecular weight excluding hydrogens is 437 g/mol. The summed E-state index contributed by atoms with van der Waals surface area (Å²) in [5.41, 5.74) is 5.40. The predicted molar refractivity (Wildman–Crippen MR) is 127 cm³/mol. The number of hydrogen-bond donors (Lipinski definition) is 0. The van der Waals surface area contributed by atoms with E-state index in [-0.39, 0.29) is 18.1 Å². The molecule has 0 unspecified atom stereocenters. The minimum atomic E-state index is -0.308. The van der Waals surface area contributed by atoms with Crippen molar-refractivity contribution in [1.29, 1.82) is 0 Å². The maximum atomic E-state index is 13.2. The van der Waals surface area contributed by atoms with E-state index in [4.69, 9.17) is 21.6 Å². The van der Waals surface area contributed by atoms with E-state index in [1.807, 2.05) is 59.5 Å². The summed E-state index contributed by atoms with van der Waals surface area (Å²) < 4.78 is 13.2. The Morgan fingerprint density at radius 3 is 2.36 bits per heavy atom. The Kier molecular flexibility index (Phi) is 5.88. The fraction of sp³-hybridized carbons (Fsp3) is 0.148. The van der Waals surface area contributed by atoms with E-state index in [1.165, 1.54) is 12.1 Å². The van der Waals surface area contributed by atoms with Crippen LogP contribution in [0.2, 0.25) is 5.02 Å². The van der Waals surface area contributed by atoms with Crippen molar-refractivity contribution in [2.75, 3.05) is 6.54 Å². The van der Waals surface area contributed by atoms with Crippen LogP contribution in [-0.4, -0.2) is 27.3 Å². The molecule has 0 saturated heterocycles. The first-order chi connectivity index (χ1) is 16.1. The molecule has 1 amide bonds. The van der Waals surface area contributed by atoms with E-state index in [1.54, 1.807) is 12.1 Å². The molecule has 1 aliphatic heterocycles. The molecule has 0 radical (unpaired) electrons. The number of carbonyl (C=O) groups excluding carboxylic acids is 1. The van der Waals surface area contributed by atoms with Crippen LogP contribution in [0.1, 0.15) is 16.8 Å². The van der Waals surface area contributed by atoms with Crippen LogP contribution >= 0.6 is 11.6 Å². The number of carbonyl (C=O) groups is 1. The van der Waals surface area contributed by atoms with Gasteiger partial charge in [-0.25, -0.2) is 14.4 Å². The Morgan fingerprint density at radius 2 is 1.64 bits per heavy atom. The average molecular weight is 458 g/mol. The predicted octanol–water partition coefficient (Wildman–Crippen LogP) is 5.73. The van der Waals surface area contributed by atoms with Gasteiger partial charge in [-0.05, 0) is 29.8 Å². The highest BCUT2D eigenvalue weighted by molar-refractivity contribution is 6.30. The van der Waals surface area contributed by atoms with Gasteiger partial charge in [0.25, 0.3) is 0 Å². The zero-order chi connectivity index (χ0) is 22.8.